The number of carbonyl (C=O) groups excluding carboxylic acids is 1. The molecule has 0 spiro atoms. The Morgan fingerprint density at radius 2 is 2.00 bits per heavy atom. The molecule has 1 aromatic carbocycles. The lowest BCUT2D eigenvalue weighted by Gasteiger charge is -2.26. The third-order valence-electron chi connectivity index (χ3n) is 4.13. The van der Waals surface area contributed by atoms with Gasteiger partial charge >= 0.3 is 0 Å². The van der Waals surface area contributed by atoms with Crippen LogP contribution in [0.25, 0.3) is 12.2 Å². The van der Waals surface area contributed by atoms with Gasteiger partial charge in [-0.3, -0.25) is 10.2 Å². The Kier molecular flexibility index (Phi) is 2.93. The summed E-state index contributed by atoms with van der Waals surface area (Å²) in [5, 5.41) is 12.1. The molecule has 1 N–H and O–H groups in total. The summed E-state index contributed by atoms with van der Waals surface area (Å²) in [6, 6.07) is 3.95. The van der Waals surface area contributed by atoms with Gasteiger partial charge in [0.1, 0.15) is 5.36 Å². The Hall–Kier alpha value is -2.27. The lowest BCUT2D eigenvalue weighted by atomic mass is 10.1. The highest BCUT2D eigenvalue weighted by Crippen LogP contribution is 2.09. The molecule has 5 heteroatoms. The minimum absolute atomic E-state index is 0.162. The fourth-order valence-corrected chi connectivity index (χ4v) is 3.01. The number of nitrogens with zero attached hydrogens (tertiary/aromatic N) is 3. The molecule has 1 amide bonds. The number of piperidine rings is 1. The number of fused-ring (bicyclic) bond motifs is 3. The Morgan fingerprint density at radius 3 is 2.86 bits per heavy atom. The maximum absolute atomic E-state index is 12.4. The molecule has 5 nitrogen and oxygen atoms in total. The molecule has 2 aliphatic heterocycles. The third-order valence-corrected chi connectivity index (χ3v) is 4.13. The standard InChI is InChI=1S/C16H16N4O/c21-16(19-20-9-2-1-3-10-20)15-13-8-7-11-5-4-6-12(11)14(13)17-18-15/h4-8H,1-3,9-10H2,(H,19,21). The molecule has 106 valence electrons. The number of allylic oxidation sites excluding steroid dienone is 1. The van der Waals surface area contributed by atoms with Crippen LogP contribution in [0.1, 0.15) is 30.4 Å². The summed E-state index contributed by atoms with van der Waals surface area (Å²) in [6.07, 6.45) is 9.53. The molecule has 3 aliphatic rings. The van der Waals surface area contributed by atoms with Crippen LogP contribution in [0.5, 0.6) is 0 Å². The fraction of sp³-hybridized carbons (Fsp3) is 0.312. The molecule has 0 unspecified atom stereocenters. The molecule has 1 aromatic rings. The van der Waals surface area contributed by atoms with E-state index in [-0.39, 0.29) is 5.91 Å². The fourth-order valence-electron chi connectivity index (χ4n) is 3.01. The average Bonchev–Trinajstić information content (AvgIpc) is 3.14. The highest BCUT2D eigenvalue weighted by atomic mass is 16.2. The van der Waals surface area contributed by atoms with Crippen molar-refractivity contribution in [3.8, 4) is 0 Å². The zero-order valence-corrected chi connectivity index (χ0v) is 11.7. The van der Waals surface area contributed by atoms with Crippen molar-refractivity contribution in [1.82, 2.24) is 10.4 Å². The van der Waals surface area contributed by atoms with Crippen molar-refractivity contribution in [2.75, 3.05) is 13.1 Å². The van der Waals surface area contributed by atoms with Crippen LogP contribution in [0, 0.1) is 0 Å². The first-order chi connectivity index (χ1) is 10.3. The van der Waals surface area contributed by atoms with Gasteiger partial charge in [-0.1, -0.05) is 30.7 Å². The van der Waals surface area contributed by atoms with Crippen molar-refractivity contribution < 1.29 is 4.79 Å². The van der Waals surface area contributed by atoms with Crippen LogP contribution in [0.4, 0.5) is 0 Å². The summed E-state index contributed by atoms with van der Waals surface area (Å²) in [7, 11) is 0. The maximum atomic E-state index is 12.4. The Labute approximate surface area is 122 Å². The average molecular weight is 280 g/mol. The zero-order valence-electron chi connectivity index (χ0n) is 11.7. The van der Waals surface area contributed by atoms with Gasteiger partial charge < -0.3 is 0 Å². The first kappa shape index (κ1) is 12.5. The van der Waals surface area contributed by atoms with E-state index in [0.29, 0.717) is 5.71 Å². The molecule has 0 aromatic heterocycles. The van der Waals surface area contributed by atoms with Crippen LogP contribution < -0.4 is 16.0 Å². The molecule has 0 radical (unpaired) electrons. The second-order valence-corrected chi connectivity index (χ2v) is 5.53. The van der Waals surface area contributed by atoms with Crippen molar-refractivity contribution in [3.63, 3.8) is 0 Å². The van der Waals surface area contributed by atoms with Crippen LogP contribution >= 0.6 is 0 Å². The van der Waals surface area contributed by atoms with Crippen molar-refractivity contribution in [2.24, 2.45) is 10.2 Å². The summed E-state index contributed by atoms with van der Waals surface area (Å²) < 4.78 is 0. The smallest absolute Gasteiger partial charge is 0.283 e. The number of amides is 1. The first-order valence-corrected chi connectivity index (χ1v) is 7.36. The van der Waals surface area contributed by atoms with Crippen LogP contribution in [-0.2, 0) is 4.79 Å². The highest BCUT2D eigenvalue weighted by Gasteiger charge is 2.23. The van der Waals surface area contributed by atoms with Gasteiger partial charge in [0.15, 0.2) is 5.71 Å². The molecule has 0 atom stereocenters. The number of hydrogen-bond donors (Lipinski definition) is 1. The molecular weight excluding hydrogens is 264 g/mol. The molecule has 1 fully saturated rings. The van der Waals surface area contributed by atoms with Gasteiger partial charge in [-0.15, -0.1) is 10.2 Å². The predicted octanol–water partition coefficient (Wildman–Crippen LogP) is 0.348. The van der Waals surface area contributed by atoms with Gasteiger partial charge in [-0.05, 0) is 24.5 Å². The largest absolute Gasteiger partial charge is 0.286 e. The predicted molar refractivity (Wildman–Crippen MR) is 80.8 cm³/mol. The van der Waals surface area contributed by atoms with E-state index in [4.69, 9.17) is 0 Å². The first-order valence-electron chi connectivity index (χ1n) is 7.36. The van der Waals surface area contributed by atoms with E-state index in [2.05, 4.69) is 15.6 Å². The zero-order chi connectivity index (χ0) is 14.2. The molecule has 0 bridgehead atoms. The topological polar surface area (TPSA) is 57.1 Å². The van der Waals surface area contributed by atoms with E-state index in [1.807, 2.05) is 35.4 Å². The quantitative estimate of drug-likeness (QED) is 0.850. The SMILES string of the molecule is O=C(NN1CCCCC1)C1=NN=c2c1ccc1c2=CC=C1. The second-order valence-electron chi connectivity index (χ2n) is 5.53. The summed E-state index contributed by atoms with van der Waals surface area (Å²) >= 11 is 0. The van der Waals surface area contributed by atoms with Gasteiger partial charge in [0.2, 0.25) is 0 Å². The van der Waals surface area contributed by atoms with Crippen molar-refractivity contribution in [3.05, 3.63) is 39.9 Å². The number of nitrogens with one attached hydrogen (secondary N) is 1. The number of carbonyl (C=O) groups is 1. The molecular formula is C16H16N4O. The number of benzene rings is 1. The number of hydrogen-bond acceptors (Lipinski definition) is 4. The lowest BCUT2D eigenvalue weighted by molar-refractivity contribution is -0.119. The van der Waals surface area contributed by atoms with Gasteiger partial charge in [0.05, 0.1) is 0 Å². The molecule has 1 aliphatic carbocycles. The molecule has 0 saturated carbocycles. The van der Waals surface area contributed by atoms with E-state index < -0.39 is 0 Å². The van der Waals surface area contributed by atoms with E-state index in [9.17, 15) is 4.79 Å². The van der Waals surface area contributed by atoms with Crippen LogP contribution in [0.2, 0.25) is 0 Å². The Morgan fingerprint density at radius 1 is 1.14 bits per heavy atom. The van der Waals surface area contributed by atoms with E-state index >= 15 is 0 Å². The summed E-state index contributed by atoms with van der Waals surface area (Å²) in [4.78, 5) is 12.4. The number of rotatable bonds is 2. The van der Waals surface area contributed by atoms with Crippen LogP contribution in [0.3, 0.4) is 0 Å². The normalized spacial score (nSPS) is 19.3. The maximum Gasteiger partial charge on any atom is 0.286 e. The molecule has 21 heavy (non-hydrogen) atoms. The summed E-state index contributed by atoms with van der Waals surface area (Å²) in [6.45, 7) is 1.82. The lowest BCUT2D eigenvalue weighted by Crippen LogP contribution is -2.48. The van der Waals surface area contributed by atoms with Crippen molar-refractivity contribution >= 4 is 23.8 Å². The second kappa shape index (κ2) is 4.93. The number of hydrazine groups is 1. The summed E-state index contributed by atoms with van der Waals surface area (Å²) in [5.74, 6) is -0.162. The van der Waals surface area contributed by atoms with E-state index in [1.54, 1.807) is 0 Å². The van der Waals surface area contributed by atoms with Crippen LogP contribution in [-0.4, -0.2) is 29.7 Å². The van der Waals surface area contributed by atoms with Gasteiger partial charge in [0.25, 0.3) is 5.91 Å². The minimum atomic E-state index is -0.162. The van der Waals surface area contributed by atoms with E-state index in [0.717, 1.165) is 47.6 Å². The van der Waals surface area contributed by atoms with Gasteiger partial charge in [0, 0.05) is 23.9 Å². The van der Waals surface area contributed by atoms with Crippen molar-refractivity contribution in [2.45, 2.75) is 19.3 Å². The Bertz CT molecular complexity index is 785. The Balaban J connectivity index is 1.59. The molecule has 1 saturated heterocycles. The highest BCUT2D eigenvalue weighted by molar-refractivity contribution is 6.45. The molecule has 2 heterocycles. The van der Waals surface area contributed by atoms with Crippen LogP contribution in [0.15, 0.2) is 28.4 Å². The molecule has 4 rings (SSSR count). The minimum Gasteiger partial charge on any atom is -0.283 e. The monoisotopic (exact) mass is 280 g/mol. The van der Waals surface area contributed by atoms with E-state index in [1.165, 1.54) is 6.42 Å². The van der Waals surface area contributed by atoms with Crippen molar-refractivity contribution in [1.29, 1.82) is 0 Å². The van der Waals surface area contributed by atoms with Gasteiger partial charge in [-0.2, -0.15) is 0 Å². The third kappa shape index (κ3) is 2.10. The van der Waals surface area contributed by atoms with Gasteiger partial charge in [-0.25, -0.2) is 5.01 Å². The summed E-state index contributed by atoms with van der Waals surface area (Å²) in [5.41, 5.74) is 5.32.